The Morgan fingerprint density at radius 2 is 2.17 bits per heavy atom. The van der Waals surface area contributed by atoms with Crippen LogP contribution in [0.4, 0.5) is 5.69 Å². The molecule has 2 heterocycles. The van der Waals surface area contributed by atoms with Crippen LogP contribution in [0.2, 0.25) is 0 Å². The van der Waals surface area contributed by atoms with Gasteiger partial charge in [-0.25, -0.2) is 0 Å². The van der Waals surface area contributed by atoms with Gasteiger partial charge in [-0.2, -0.15) is 5.10 Å². The van der Waals surface area contributed by atoms with Crippen LogP contribution in [-0.2, 0) is 6.54 Å². The molecular weight excluding hydrogens is 347 g/mol. The van der Waals surface area contributed by atoms with Gasteiger partial charge in [0.2, 0.25) is 0 Å². The van der Waals surface area contributed by atoms with Gasteiger partial charge in [-0.05, 0) is 36.4 Å². The Morgan fingerprint density at radius 1 is 1.44 bits per heavy atom. The molecule has 2 aromatic rings. The predicted molar refractivity (Wildman–Crippen MR) is 74.4 cm³/mol. The highest BCUT2D eigenvalue weighted by Crippen LogP contribution is 2.24. The first kappa shape index (κ1) is 12.9. The third-order valence-electron chi connectivity index (χ3n) is 2.67. The lowest BCUT2D eigenvalue weighted by atomic mass is 10.1. The maximum Gasteiger partial charge on any atom is 0.278 e. The molecule has 94 valence electrons. The standard InChI is InChI=1S/C11H11IN4O2/c1-7-3-13-10(8(2)11(7)16(17)18)6-15-5-9(12)4-14-15/h3-5H,6H2,1-2H3. The summed E-state index contributed by atoms with van der Waals surface area (Å²) < 4.78 is 2.74. The van der Waals surface area contributed by atoms with E-state index in [9.17, 15) is 10.1 Å². The lowest BCUT2D eigenvalue weighted by Gasteiger charge is -2.07. The van der Waals surface area contributed by atoms with E-state index in [1.807, 2.05) is 6.20 Å². The van der Waals surface area contributed by atoms with Crippen LogP contribution in [0, 0.1) is 27.5 Å². The average molecular weight is 358 g/mol. The Hall–Kier alpha value is -1.51. The Balaban J connectivity index is 2.40. The Labute approximate surface area is 117 Å². The average Bonchev–Trinajstić information content (AvgIpc) is 2.68. The van der Waals surface area contributed by atoms with Gasteiger partial charge in [0.15, 0.2) is 0 Å². The van der Waals surface area contributed by atoms with Gasteiger partial charge in [0.05, 0.1) is 32.5 Å². The van der Waals surface area contributed by atoms with Crippen LogP contribution < -0.4 is 0 Å². The van der Waals surface area contributed by atoms with Crippen molar-refractivity contribution >= 4 is 28.3 Å². The zero-order valence-corrected chi connectivity index (χ0v) is 12.1. The first-order valence-electron chi connectivity index (χ1n) is 5.26. The fraction of sp³-hybridized carbons (Fsp3) is 0.273. The molecule has 0 saturated heterocycles. The summed E-state index contributed by atoms with van der Waals surface area (Å²) in [6, 6.07) is 0. The summed E-state index contributed by atoms with van der Waals surface area (Å²) in [5.74, 6) is 0. The molecular formula is C11H11IN4O2. The van der Waals surface area contributed by atoms with Crippen LogP contribution in [0.15, 0.2) is 18.6 Å². The Bertz CT molecular complexity index is 609. The van der Waals surface area contributed by atoms with Crippen molar-refractivity contribution in [2.24, 2.45) is 0 Å². The van der Waals surface area contributed by atoms with Crippen LogP contribution in [0.5, 0.6) is 0 Å². The topological polar surface area (TPSA) is 73.8 Å². The summed E-state index contributed by atoms with van der Waals surface area (Å²) in [4.78, 5) is 14.9. The van der Waals surface area contributed by atoms with Crippen molar-refractivity contribution in [3.8, 4) is 0 Å². The van der Waals surface area contributed by atoms with Gasteiger partial charge in [0.25, 0.3) is 5.69 Å². The molecule has 6 nitrogen and oxygen atoms in total. The Kier molecular flexibility index (Phi) is 3.60. The van der Waals surface area contributed by atoms with E-state index < -0.39 is 0 Å². The molecule has 2 aromatic heterocycles. The monoisotopic (exact) mass is 358 g/mol. The third-order valence-corrected chi connectivity index (χ3v) is 3.23. The predicted octanol–water partition coefficient (Wildman–Crippen LogP) is 2.46. The summed E-state index contributed by atoms with van der Waals surface area (Å²) in [5.41, 5.74) is 2.00. The molecule has 0 atom stereocenters. The highest BCUT2D eigenvalue weighted by molar-refractivity contribution is 14.1. The van der Waals surface area contributed by atoms with E-state index in [2.05, 4.69) is 32.7 Å². The summed E-state index contributed by atoms with van der Waals surface area (Å²) in [6.45, 7) is 3.86. The van der Waals surface area contributed by atoms with E-state index in [0.717, 1.165) is 3.57 Å². The van der Waals surface area contributed by atoms with Gasteiger partial charge in [-0.3, -0.25) is 19.8 Å². The van der Waals surface area contributed by atoms with E-state index in [1.54, 1.807) is 24.7 Å². The fourth-order valence-electron chi connectivity index (χ4n) is 1.78. The SMILES string of the molecule is Cc1cnc(Cn2cc(I)cn2)c(C)c1[N+](=O)[O-]. The summed E-state index contributed by atoms with van der Waals surface area (Å²) in [6.07, 6.45) is 5.14. The van der Waals surface area contributed by atoms with Crippen molar-refractivity contribution in [3.63, 3.8) is 0 Å². The normalized spacial score (nSPS) is 10.6. The summed E-state index contributed by atoms with van der Waals surface area (Å²) in [7, 11) is 0. The number of nitrogens with zero attached hydrogens (tertiary/aromatic N) is 4. The molecule has 0 radical (unpaired) electrons. The molecule has 0 spiro atoms. The minimum atomic E-state index is -0.358. The van der Waals surface area contributed by atoms with Gasteiger partial charge in [0.1, 0.15) is 0 Å². The second-order valence-electron chi connectivity index (χ2n) is 3.97. The van der Waals surface area contributed by atoms with E-state index in [0.29, 0.717) is 23.4 Å². The maximum absolute atomic E-state index is 11.0. The van der Waals surface area contributed by atoms with Crippen LogP contribution in [0.25, 0.3) is 0 Å². The number of rotatable bonds is 3. The van der Waals surface area contributed by atoms with Crippen LogP contribution >= 0.6 is 22.6 Å². The number of halogens is 1. The highest BCUT2D eigenvalue weighted by atomic mass is 127. The third kappa shape index (κ3) is 2.50. The number of nitro groups is 1. The molecule has 0 aromatic carbocycles. The molecule has 7 heteroatoms. The molecule has 0 saturated carbocycles. The van der Waals surface area contributed by atoms with E-state index in [-0.39, 0.29) is 10.6 Å². The van der Waals surface area contributed by atoms with E-state index in [4.69, 9.17) is 0 Å². The van der Waals surface area contributed by atoms with Gasteiger partial charge >= 0.3 is 0 Å². The zero-order chi connectivity index (χ0) is 13.3. The molecule has 0 N–H and O–H groups in total. The maximum atomic E-state index is 11.0. The smallest absolute Gasteiger partial charge is 0.266 e. The van der Waals surface area contributed by atoms with Crippen molar-refractivity contribution in [2.75, 3.05) is 0 Å². The molecule has 2 rings (SSSR count). The highest BCUT2D eigenvalue weighted by Gasteiger charge is 2.18. The lowest BCUT2D eigenvalue weighted by Crippen LogP contribution is -2.07. The Morgan fingerprint density at radius 3 is 2.72 bits per heavy atom. The van der Waals surface area contributed by atoms with Crippen LogP contribution in [0.1, 0.15) is 16.8 Å². The summed E-state index contributed by atoms with van der Waals surface area (Å²) >= 11 is 2.16. The van der Waals surface area contributed by atoms with Gasteiger partial charge in [0, 0.05) is 18.0 Å². The number of hydrogen-bond donors (Lipinski definition) is 0. The molecule has 0 bridgehead atoms. The number of aryl methyl sites for hydroxylation is 1. The van der Waals surface area contributed by atoms with Crippen molar-refractivity contribution in [2.45, 2.75) is 20.4 Å². The minimum Gasteiger partial charge on any atom is -0.266 e. The summed E-state index contributed by atoms with van der Waals surface area (Å²) in [5, 5.41) is 15.2. The molecule has 0 aliphatic carbocycles. The number of aromatic nitrogens is 3. The van der Waals surface area contributed by atoms with Gasteiger partial charge in [-0.15, -0.1) is 0 Å². The van der Waals surface area contributed by atoms with Crippen molar-refractivity contribution < 1.29 is 4.92 Å². The lowest BCUT2D eigenvalue weighted by molar-refractivity contribution is -0.386. The first-order valence-corrected chi connectivity index (χ1v) is 6.34. The zero-order valence-electron chi connectivity index (χ0n) is 9.92. The fourth-order valence-corrected chi connectivity index (χ4v) is 2.23. The van der Waals surface area contributed by atoms with E-state index in [1.165, 1.54) is 6.20 Å². The quantitative estimate of drug-likeness (QED) is 0.480. The number of hydrogen-bond acceptors (Lipinski definition) is 4. The molecule has 0 amide bonds. The van der Waals surface area contributed by atoms with Crippen molar-refractivity contribution in [3.05, 3.63) is 49.1 Å². The van der Waals surface area contributed by atoms with Gasteiger partial charge in [-0.1, -0.05) is 0 Å². The molecule has 0 fully saturated rings. The first-order chi connectivity index (χ1) is 8.49. The van der Waals surface area contributed by atoms with Gasteiger partial charge < -0.3 is 0 Å². The van der Waals surface area contributed by atoms with Crippen LogP contribution in [-0.4, -0.2) is 19.7 Å². The van der Waals surface area contributed by atoms with Crippen molar-refractivity contribution in [1.29, 1.82) is 0 Å². The molecule has 0 aliphatic rings. The minimum absolute atomic E-state index is 0.141. The van der Waals surface area contributed by atoms with E-state index >= 15 is 0 Å². The second-order valence-corrected chi connectivity index (χ2v) is 5.22. The van der Waals surface area contributed by atoms with Crippen molar-refractivity contribution in [1.82, 2.24) is 14.8 Å². The second kappa shape index (κ2) is 5.01. The largest absolute Gasteiger partial charge is 0.278 e. The van der Waals surface area contributed by atoms with Crippen LogP contribution in [0.3, 0.4) is 0 Å². The number of pyridine rings is 1. The molecule has 18 heavy (non-hydrogen) atoms. The molecule has 0 unspecified atom stereocenters. The molecule has 0 aliphatic heterocycles.